The Balaban J connectivity index is 1.29. The van der Waals surface area contributed by atoms with Gasteiger partial charge in [0.1, 0.15) is 11.5 Å². The molecule has 6 nitrogen and oxygen atoms in total. The first-order chi connectivity index (χ1) is 16.9. The molecule has 0 unspecified atom stereocenters. The van der Waals surface area contributed by atoms with E-state index in [2.05, 4.69) is 16.0 Å². The molecular weight excluding hydrogens is 525 g/mol. The number of halogens is 2. The van der Waals surface area contributed by atoms with Gasteiger partial charge in [0, 0.05) is 23.0 Å². The summed E-state index contributed by atoms with van der Waals surface area (Å²) in [5.74, 6) is 0.394. The van der Waals surface area contributed by atoms with E-state index in [-0.39, 0.29) is 11.0 Å². The summed E-state index contributed by atoms with van der Waals surface area (Å²) in [5.41, 5.74) is 1.96. The lowest BCUT2D eigenvalue weighted by atomic mass is 10.2. The Morgan fingerprint density at radius 1 is 0.914 bits per heavy atom. The Morgan fingerprint density at radius 3 is 2.37 bits per heavy atom. The Morgan fingerprint density at radius 2 is 1.66 bits per heavy atom. The van der Waals surface area contributed by atoms with E-state index < -0.39 is 5.91 Å². The first kappa shape index (κ1) is 24.7. The van der Waals surface area contributed by atoms with Crippen LogP contribution in [0.1, 0.15) is 15.4 Å². The Kier molecular flexibility index (Phi) is 7.99. The van der Waals surface area contributed by atoms with Gasteiger partial charge >= 0.3 is 0 Å². The van der Waals surface area contributed by atoms with Crippen molar-refractivity contribution in [2.45, 2.75) is 0 Å². The molecular formula is C25H17Cl2N3O3S2. The summed E-state index contributed by atoms with van der Waals surface area (Å²) in [6.07, 6.45) is 2.82. The maximum atomic E-state index is 12.2. The topological polar surface area (TPSA) is 83.4 Å². The highest BCUT2D eigenvalue weighted by molar-refractivity contribution is 7.80. The second-order valence-electron chi connectivity index (χ2n) is 7.09. The van der Waals surface area contributed by atoms with Crippen LogP contribution in [0.4, 0.5) is 11.4 Å². The number of benzene rings is 2. The van der Waals surface area contributed by atoms with Gasteiger partial charge in [-0.3, -0.25) is 14.9 Å². The molecule has 2 heterocycles. The van der Waals surface area contributed by atoms with Gasteiger partial charge in [0.05, 0.1) is 14.9 Å². The zero-order valence-electron chi connectivity index (χ0n) is 17.9. The summed E-state index contributed by atoms with van der Waals surface area (Å²) in [7, 11) is 0. The Labute approximate surface area is 220 Å². The van der Waals surface area contributed by atoms with E-state index in [1.54, 1.807) is 60.7 Å². The van der Waals surface area contributed by atoms with Gasteiger partial charge in [-0.05, 0) is 78.3 Å². The second kappa shape index (κ2) is 11.3. The van der Waals surface area contributed by atoms with Gasteiger partial charge in [-0.2, -0.15) is 0 Å². The molecule has 0 aliphatic rings. The number of rotatable bonds is 6. The third kappa shape index (κ3) is 6.58. The van der Waals surface area contributed by atoms with Crippen LogP contribution in [0.3, 0.4) is 0 Å². The fourth-order valence-electron chi connectivity index (χ4n) is 2.99. The van der Waals surface area contributed by atoms with Crippen LogP contribution in [0, 0.1) is 0 Å². The summed E-state index contributed by atoms with van der Waals surface area (Å²) >= 11 is 18.8. The molecule has 0 atom stereocenters. The van der Waals surface area contributed by atoms with E-state index in [4.69, 9.17) is 39.8 Å². The number of anilines is 2. The molecule has 2 aromatic carbocycles. The second-order valence-corrected chi connectivity index (χ2v) is 9.23. The summed E-state index contributed by atoms with van der Waals surface area (Å²) in [5, 5.41) is 11.1. The summed E-state index contributed by atoms with van der Waals surface area (Å²) < 4.78 is 5.73. The number of carbonyl (C=O) groups excluding carboxylic acids is 2. The smallest absolute Gasteiger partial charge is 0.265 e. The minimum absolute atomic E-state index is 0.126. The minimum atomic E-state index is -0.430. The van der Waals surface area contributed by atoms with Gasteiger partial charge in [-0.25, -0.2) is 0 Å². The minimum Gasteiger partial charge on any atom is -0.457 e. The highest BCUT2D eigenvalue weighted by atomic mass is 35.5. The largest absolute Gasteiger partial charge is 0.457 e. The number of thiophene rings is 1. The van der Waals surface area contributed by atoms with Crippen molar-refractivity contribution in [1.82, 2.24) is 5.32 Å². The molecule has 0 bridgehead atoms. The molecule has 0 spiro atoms. The lowest BCUT2D eigenvalue weighted by Crippen LogP contribution is -2.32. The molecule has 4 rings (SSSR count). The van der Waals surface area contributed by atoms with E-state index >= 15 is 0 Å². The molecule has 10 heteroatoms. The average Bonchev–Trinajstić information content (AvgIpc) is 3.53. The highest BCUT2D eigenvalue weighted by Gasteiger charge is 2.11. The number of hydrogen-bond acceptors (Lipinski definition) is 5. The van der Waals surface area contributed by atoms with E-state index in [1.165, 1.54) is 23.5 Å². The fraction of sp³-hybridized carbons (Fsp3) is 0. The van der Waals surface area contributed by atoms with E-state index in [9.17, 15) is 9.59 Å². The lowest BCUT2D eigenvalue weighted by molar-refractivity contribution is -0.115. The number of hydrogen-bond donors (Lipinski definition) is 3. The van der Waals surface area contributed by atoms with Crippen molar-refractivity contribution in [1.29, 1.82) is 0 Å². The average molecular weight is 542 g/mol. The van der Waals surface area contributed by atoms with Crippen LogP contribution in [-0.4, -0.2) is 16.9 Å². The number of thiocarbonyl (C=S) groups is 1. The van der Waals surface area contributed by atoms with E-state index in [0.717, 1.165) is 0 Å². The first-order valence-electron chi connectivity index (χ1n) is 10.2. The molecule has 35 heavy (non-hydrogen) atoms. The molecule has 0 saturated heterocycles. The molecule has 4 aromatic rings. The van der Waals surface area contributed by atoms with Crippen LogP contribution in [0.15, 0.2) is 82.6 Å². The molecule has 3 N–H and O–H groups in total. The van der Waals surface area contributed by atoms with Gasteiger partial charge in [-0.15, -0.1) is 11.3 Å². The highest BCUT2D eigenvalue weighted by Crippen LogP contribution is 2.34. The number of furan rings is 1. The van der Waals surface area contributed by atoms with Gasteiger partial charge < -0.3 is 15.1 Å². The van der Waals surface area contributed by atoms with E-state index in [0.29, 0.717) is 43.4 Å². The van der Waals surface area contributed by atoms with Gasteiger partial charge in [0.15, 0.2) is 5.11 Å². The molecule has 0 aliphatic carbocycles. The Bertz CT molecular complexity index is 1400. The SMILES string of the molecule is O=C(C=Cc1ccc(-c2cccc(Cl)c2Cl)o1)NC(=S)Nc1ccc(NC(=O)c2cccs2)cc1. The molecule has 2 amide bonds. The zero-order chi connectivity index (χ0) is 24.8. The van der Waals surface area contributed by atoms with Crippen LogP contribution in [0.25, 0.3) is 17.4 Å². The lowest BCUT2D eigenvalue weighted by Gasteiger charge is -2.09. The normalized spacial score (nSPS) is 10.8. The molecule has 0 aliphatic heterocycles. The van der Waals surface area contributed by atoms with Crippen molar-refractivity contribution in [3.05, 3.63) is 98.9 Å². The van der Waals surface area contributed by atoms with Crippen molar-refractivity contribution < 1.29 is 14.0 Å². The van der Waals surface area contributed by atoms with Crippen molar-refractivity contribution in [2.75, 3.05) is 10.6 Å². The zero-order valence-corrected chi connectivity index (χ0v) is 21.0. The summed E-state index contributed by atoms with van der Waals surface area (Å²) in [6.45, 7) is 0. The summed E-state index contributed by atoms with van der Waals surface area (Å²) in [4.78, 5) is 25.0. The summed E-state index contributed by atoms with van der Waals surface area (Å²) in [6, 6.07) is 19.2. The third-order valence-corrected chi connectivity index (χ3v) is 6.52. The van der Waals surface area contributed by atoms with Crippen LogP contribution < -0.4 is 16.0 Å². The standard InChI is InChI=1S/C25H17Cl2N3O3S2/c26-19-4-1-3-18(23(19)27)20-12-10-17(33-20)11-13-22(31)30-25(34)29-16-8-6-15(7-9-16)28-24(32)21-5-2-14-35-21/h1-14H,(H,28,32)(H2,29,30,31,34). The van der Waals surface area contributed by atoms with Crippen LogP contribution in [0.5, 0.6) is 0 Å². The monoisotopic (exact) mass is 541 g/mol. The van der Waals surface area contributed by atoms with Crippen molar-refractivity contribution in [3.8, 4) is 11.3 Å². The van der Waals surface area contributed by atoms with Crippen molar-refractivity contribution in [2.24, 2.45) is 0 Å². The molecule has 0 saturated carbocycles. The number of nitrogens with one attached hydrogen (secondary N) is 3. The third-order valence-electron chi connectivity index (χ3n) is 4.63. The molecule has 176 valence electrons. The fourth-order valence-corrected chi connectivity index (χ4v) is 4.22. The van der Waals surface area contributed by atoms with Crippen molar-refractivity contribution in [3.63, 3.8) is 0 Å². The van der Waals surface area contributed by atoms with Gasteiger partial charge in [-0.1, -0.05) is 35.3 Å². The predicted molar refractivity (Wildman–Crippen MR) is 146 cm³/mol. The Hall–Kier alpha value is -3.43. The van der Waals surface area contributed by atoms with Gasteiger partial charge in [0.2, 0.25) is 5.91 Å². The quantitative estimate of drug-likeness (QED) is 0.179. The number of amides is 2. The van der Waals surface area contributed by atoms with E-state index in [1.807, 2.05) is 11.4 Å². The molecule has 0 fully saturated rings. The van der Waals surface area contributed by atoms with Gasteiger partial charge in [0.25, 0.3) is 5.91 Å². The predicted octanol–water partition coefficient (Wildman–Crippen LogP) is 7.09. The molecule has 2 aromatic heterocycles. The maximum absolute atomic E-state index is 12.2. The molecule has 0 radical (unpaired) electrons. The van der Waals surface area contributed by atoms with Crippen LogP contribution >= 0.6 is 46.8 Å². The van der Waals surface area contributed by atoms with Crippen molar-refractivity contribution >= 4 is 81.1 Å². The van der Waals surface area contributed by atoms with Crippen LogP contribution in [0.2, 0.25) is 10.0 Å². The number of carbonyl (C=O) groups is 2. The first-order valence-corrected chi connectivity index (χ1v) is 12.2. The van der Waals surface area contributed by atoms with Crippen LogP contribution in [-0.2, 0) is 4.79 Å². The maximum Gasteiger partial charge on any atom is 0.265 e.